The van der Waals surface area contributed by atoms with Crippen LogP contribution in [0.2, 0.25) is 0 Å². The van der Waals surface area contributed by atoms with Crippen LogP contribution in [0, 0.1) is 17.6 Å². The maximum absolute atomic E-state index is 14.5. The molecule has 0 spiro atoms. The predicted molar refractivity (Wildman–Crippen MR) is 111 cm³/mol. The number of piperazine rings is 1. The molecule has 6 nitrogen and oxygen atoms in total. The van der Waals surface area contributed by atoms with E-state index in [2.05, 4.69) is 15.6 Å². The number of rotatable bonds is 7. The van der Waals surface area contributed by atoms with Gasteiger partial charge in [0.2, 0.25) is 11.9 Å². The monoisotopic (exact) mass is 446 g/mol. The van der Waals surface area contributed by atoms with Gasteiger partial charge in [0.15, 0.2) is 11.6 Å². The Morgan fingerprint density at radius 1 is 1.22 bits per heavy atom. The molecular formula is C23H25F3N4O2. The molecule has 1 aromatic heterocycles. The molecule has 9 heteroatoms. The van der Waals surface area contributed by atoms with E-state index in [0.717, 1.165) is 32.0 Å². The Labute approximate surface area is 184 Å². The first-order valence-electron chi connectivity index (χ1n) is 11.0. The van der Waals surface area contributed by atoms with E-state index in [4.69, 9.17) is 4.74 Å². The highest BCUT2D eigenvalue weighted by Gasteiger charge is 2.42. The fraction of sp³-hybridized carbons (Fsp3) is 0.478. The van der Waals surface area contributed by atoms with Crippen molar-refractivity contribution in [3.05, 3.63) is 59.2 Å². The van der Waals surface area contributed by atoms with Gasteiger partial charge in [0.05, 0.1) is 6.54 Å². The number of nitrogens with zero attached hydrogens (tertiary/aromatic N) is 2. The van der Waals surface area contributed by atoms with E-state index < -0.39 is 17.6 Å². The molecule has 2 N–H and O–H groups in total. The highest BCUT2D eigenvalue weighted by atomic mass is 19.1. The summed E-state index contributed by atoms with van der Waals surface area (Å²) in [6.07, 6.45) is 4.16. The molecule has 4 atom stereocenters. The molecule has 3 fully saturated rings. The van der Waals surface area contributed by atoms with Crippen molar-refractivity contribution >= 4 is 5.91 Å². The number of aromatic nitrogens is 1. The van der Waals surface area contributed by atoms with E-state index in [0.29, 0.717) is 24.1 Å². The average Bonchev–Trinajstić information content (AvgIpc) is 3.47. The molecule has 1 saturated carbocycles. The number of halogens is 3. The number of hydrogen-bond acceptors (Lipinski definition) is 5. The van der Waals surface area contributed by atoms with Crippen LogP contribution in [-0.2, 0) is 11.4 Å². The van der Waals surface area contributed by atoms with E-state index >= 15 is 0 Å². The molecule has 1 aromatic carbocycles. The van der Waals surface area contributed by atoms with Gasteiger partial charge in [-0.3, -0.25) is 4.79 Å². The summed E-state index contributed by atoms with van der Waals surface area (Å²) in [6.45, 7) is 1.42. The number of carbonyl (C=O) groups is 1. The van der Waals surface area contributed by atoms with Crippen molar-refractivity contribution in [2.75, 3.05) is 19.6 Å². The first-order valence-corrected chi connectivity index (χ1v) is 11.0. The zero-order valence-corrected chi connectivity index (χ0v) is 17.5. The summed E-state index contributed by atoms with van der Waals surface area (Å²) in [5.41, 5.74) is 0.570. The van der Waals surface area contributed by atoms with Crippen LogP contribution in [0.3, 0.4) is 0 Å². The fourth-order valence-electron chi connectivity index (χ4n) is 4.78. The largest absolute Gasteiger partial charge is 0.485 e. The highest BCUT2D eigenvalue weighted by molar-refractivity contribution is 5.78. The van der Waals surface area contributed by atoms with Crippen LogP contribution in [0.1, 0.15) is 36.3 Å². The van der Waals surface area contributed by atoms with Crippen molar-refractivity contribution in [1.82, 2.24) is 20.5 Å². The molecular weight excluding hydrogens is 421 g/mol. The Kier molecular flexibility index (Phi) is 5.77. The van der Waals surface area contributed by atoms with E-state index in [9.17, 15) is 18.0 Å². The number of amides is 1. The summed E-state index contributed by atoms with van der Waals surface area (Å²) in [4.78, 5) is 18.1. The number of ether oxygens (including phenoxy) is 1. The molecule has 5 rings (SSSR count). The smallest absolute Gasteiger partial charge is 0.236 e. The molecule has 3 aliphatic rings. The van der Waals surface area contributed by atoms with Crippen LogP contribution < -0.4 is 15.4 Å². The quantitative estimate of drug-likeness (QED) is 0.640. The first kappa shape index (κ1) is 21.2. The second-order valence-corrected chi connectivity index (χ2v) is 8.81. The Morgan fingerprint density at radius 3 is 2.75 bits per heavy atom. The molecule has 1 aliphatic carbocycles. The van der Waals surface area contributed by atoms with Crippen LogP contribution in [0.25, 0.3) is 0 Å². The summed E-state index contributed by atoms with van der Waals surface area (Å²) in [6, 6.07) is 5.75. The Morgan fingerprint density at radius 2 is 2.00 bits per heavy atom. The summed E-state index contributed by atoms with van der Waals surface area (Å²) in [5.74, 6) is -2.45. The molecule has 3 heterocycles. The zero-order chi connectivity index (χ0) is 22.2. The summed E-state index contributed by atoms with van der Waals surface area (Å²) < 4.78 is 47.8. The molecule has 32 heavy (non-hydrogen) atoms. The van der Waals surface area contributed by atoms with Crippen LogP contribution in [0.15, 0.2) is 30.5 Å². The second-order valence-electron chi connectivity index (χ2n) is 8.81. The normalized spacial score (nSPS) is 26.3. The maximum atomic E-state index is 14.5. The zero-order valence-electron chi connectivity index (χ0n) is 17.5. The van der Waals surface area contributed by atoms with Crippen molar-refractivity contribution in [3.63, 3.8) is 0 Å². The Bertz CT molecular complexity index is 1010. The minimum absolute atomic E-state index is 0.0444. The van der Waals surface area contributed by atoms with Crippen LogP contribution in [-0.4, -0.2) is 53.6 Å². The average molecular weight is 446 g/mol. The van der Waals surface area contributed by atoms with E-state index in [1.807, 2.05) is 4.90 Å². The number of benzene rings is 1. The number of fused-ring (bicyclic) bond motifs is 2. The molecule has 2 aliphatic heterocycles. The van der Waals surface area contributed by atoms with Gasteiger partial charge in [0, 0.05) is 60.5 Å². The lowest BCUT2D eigenvalue weighted by Gasteiger charge is -2.33. The molecule has 2 unspecified atom stereocenters. The second kappa shape index (κ2) is 8.71. The van der Waals surface area contributed by atoms with Gasteiger partial charge in [-0.2, -0.15) is 4.39 Å². The lowest BCUT2D eigenvalue weighted by atomic mass is 10.1. The van der Waals surface area contributed by atoms with Gasteiger partial charge in [-0.05, 0) is 37.5 Å². The van der Waals surface area contributed by atoms with E-state index in [1.54, 1.807) is 6.07 Å². The van der Waals surface area contributed by atoms with Gasteiger partial charge < -0.3 is 20.3 Å². The van der Waals surface area contributed by atoms with Crippen molar-refractivity contribution in [1.29, 1.82) is 0 Å². The molecule has 2 aromatic rings. The first-order chi connectivity index (χ1) is 15.5. The number of nitrogens with one attached hydrogen (secondary N) is 2. The predicted octanol–water partition coefficient (Wildman–Crippen LogP) is 2.49. The summed E-state index contributed by atoms with van der Waals surface area (Å²) in [7, 11) is 0. The summed E-state index contributed by atoms with van der Waals surface area (Å²) >= 11 is 0. The van der Waals surface area contributed by atoms with Gasteiger partial charge in [0.25, 0.3) is 0 Å². The standard InChI is InChI=1S/C23H25F3N4O2/c24-14-6-18(22(19(25)7-14)32-12-13-2-1-5-27-23(13)26)17-8-20(17)28-9-21(31)30-10-15-3-4-16(11-30)29-15/h1-2,5-7,15-17,20,28-29H,3-4,8-12H2/t15?,16?,17-,20+/m0/s1. The van der Waals surface area contributed by atoms with Crippen LogP contribution in [0.4, 0.5) is 13.2 Å². The summed E-state index contributed by atoms with van der Waals surface area (Å²) in [5, 5.41) is 6.72. The minimum atomic E-state index is -0.831. The van der Waals surface area contributed by atoms with Gasteiger partial charge in [-0.15, -0.1) is 0 Å². The van der Waals surface area contributed by atoms with Gasteiger partial charge in [0.1, 0.15) is 12.4 Å². The number of carbonyl (C=O) groups excluding carboxylic acids is 1. The van der Waals surface area contributed by atoms with Gasteiger partial charge in [-0.1, -0.05) is 0 Å². The maximum Gasteiger partial charge on any atom is 0.236 e. The topological polar surface area (TPSA) is 66.5 Å². The molecule has 0 radical (unpaired) electrons. The molecule has 170 valence electrons. The Balaban J connectivity index is 1.21. The van der Waals surface area contributed by atoms with E-state index in [-0.39, 0.29) is 42.3 Å². The Hall–Kier alpha value is -2.65. The third kappa shape index (κ3) is 4.45. The lowest BCUT2D eigenvalue weighted by Crippen LogP contribution is -2.54. The lowest BCUT2D eigenvalue weighted by molar-refractivity contribution is -0.131. The van der Waals surface area contributed by atoms with Crippen molar-refractivity contribution < 1.29 is 22.7 Å². The highest BCUT2D eigenvalue weighted by Crippen LogP contribution is 2.46. The molecule has 1 amide bonds. The number of likely N-dealkylation sites (tertiary alicyclic amines) is 1. The third-order valence-corrected chi connectivity index (χ3v) is 6.52. The van der Waals surface area contributed by atoms with Crippen LogP contribution >= 0.6 is 0 Å². The minimum Gasteiger partial charge on any atom is -0.485 e. The van der Waals surface area contributed by atoms with Crippen LogP contribution in [0.5, 0.6) is 5.75 Å². The third-order valence-electron chi connectivity index (χ3n) is 6.52. The number of pyridine rings is 1. The SMILES string of the molecule is O=C(CN[C@@H]1C[C@H]1c1cc(F)cc(F)c1OCc1cccnc1F)N1CC2CCC(C1)N2. The van der Waals surface area contributed by atoms with Gasteiger partial charge in [-0.25, -0.2) is 13.8 Å². The molecule has 2 bridgehead atoms. The van der Waals surface area contributed by atoms with Crippen molar-refractivity contribution in [2.24, 2.45) is 0 Å². The van der Waals surface area contributed by atoms with Gasteiger partial charge >= 0.3 is 0 Å². The van der Waals surface area contributed by atoms with E-state index in [1.165, 1.54) is 18.3 Å². The fourth-order valence-corrected chi connectivity index (χ4v) is 4.78. The molecule has 2 saturated heterocycles. The van der Waals surface area contributed by atoms with Crippen molar-refractivity contribution in [2.45, 2.75) is 49.9 Å². The van der Waals surface area contributed by atoms with Crippen molar-refractivity contribution in [3.8, 4) is 5.75 Å². The number of hydrogen-bond donors (Lipinski definition) is 2.